The largest absolute Gasteiger partial charge is 0.384 e. The monoisotopic (exact) mass is 355 g/mol. The summed E-state index contributed by atoms with van der Waals surface area (Å²) in [6.45, 7) is 0.478. The average Bonchev–Trinajstić information content (AvgIpc) is 2.55. The van der Waals surface area contributed by atoms with Crippen LogP contribution < -0.4 is 21.7 Å². The molecule has 24 heavy (non-hydrogen) atoms. The first-order chi connectivity index (χ1) is 11.1. The van der Waals surface area contributed by atoms with Gasteiger partial charge in [0.05, 0.1) is 11.9 Å². The predicted molar refractivity (Wildman–Crippen MR) is 97.2 cm³/mol. The molecule has 134 valence electrons. The normalized spacial score (nSPS) is 14.3. The van der Waals surface area contributed by atoms with Crippen LogP contribution in [-0.4, -0.2) is 29.5 Å². The van der Waals surface area contributed by atoms with E-state index in [0.717, 1.165) is 12.8 Å². The van der Waals surface area contributed by atoms with E-state index in [1.807, 2.05) is 0 Å². The quantitative estimate of drug-likeness (QED) is 0.587. The summed E-state index contributed by atoms with van der Waals surface area (Å²) in [5, 5.41) is 8.52. The number of nitrogens with zero attached hydrogens (tertiary/aromatic N) is 1. The number of anilines is 2. The van der Waals surface area contributed by atoms with Crippen molar-refractivity contribution in [1.29, 1.82) is 0 Å². The number of halogens is 1. The number of hydrogen-bond acceptors (Lipinski definition) is 4. The second-order valence-electron chi connectivity index (χ2n) is 5.86. The van der Waals surface area contributed by atoms with Crippen molar-refractivity contribution >= 4 is 35.9 Å². The van der Waals surface area contributed by atoms with Crippen molar-refractivity contribution in [3.63, 3.8) is 0 Å². The number of pyridine rings is 1. The van der Waals surface area contributed by atoms with Crippen molar-refractivity contribution in [3.05, 3.63) is 18.3 Å². The summed E-state index contributed by atoms with van der Waals surface area (Å²) in [6.07, 6.45) is 8.20. The topological polar surface area (TPSA) is 109 Å². The Morgan fingerprint density at radius 3 is 2.62 bits per heavy atom. The third-order valence-corrected chi connectivity index (χ3v) is 3.88. The van der Waals surface area contributed by atoms with Crippen molar-refractivity contribution < 1.29 is 9.59 Å². The van der Waals surface area contributed by atoms with E-state index in [9.17, 15) is 9.59 Å². The van der Waals surface area contributed by atoms with Crippen molar-refractivity contribution in [1.82, 2.24) is 15.6 Å². The number of hydrogen-bond donors (Lipinski definition) is 4. The number of aromatic nitrogens is 1. The van der Waals surface area contributed by atoms with Gasteiger partial charge in [-0.15, -0.1) is 12.4 Å². The molecule has 0 unspecified atom stereocenters. The molecule has 5 N–H and O–H groups in total. The molecule has 2 rings (SSSR count). The molecule has 7 nitrogen and oxygen atoms in total. The van der Waals surface area contributed by atoms with Gasteiger partial charge in [0.25, 0.3) is 0 Å². The lowest BCUT2D eigenvalue weighted by molar-refractivity contribution is -0.116. The second-order valence-corrected chi connectivity index (χ2v) is 5.86. The molecule has 0 aliphatic heterocycles. The predicted octanol–water partition coefficient (Wildman–Crippen LogP) is 2.44. The van der Waals surface area contributed by atoms with Crippen molar-refractivity contribution in [3.8, 4) is 0 Å². The second kappa shape index (κ2) is 10.7. The van der Waals surface area contributed by atoms with E-state index in [1.165, 1.54) is 25.5 Å². The zero-order valence-electron chi connectivity index (χ0n) is 13.7. The summed E-state index contributed by atoms with van der Waals surface area (Å²) in [4.78, 5) is 27.4. The molecule has 1 aromatic rings. The van der Waals surface area contributed by atoms with E-state index >= 15 is 0 Å². The van der Waals surface area contributed by atoms with Crippen LogP contribution in [0.2, 0.25) is 0 Å². The number of nitrogens with two attached hydrogens (primary N) is 1. The summed E-state index contributed by atoms with van der Waals surface area (Å²) in [5.41, 5.74) is 6.10. The maximum atomic E-state index is 11.8. The van der Waals surface area contributed by atoms with Crippen molar-refractivity contribution in [2.75, 3.05) is 17.6 Å². The third-order valence-electron chi connectivity index (χ3n) is 3.88. The van der Waals surface area contributed by atoms with E-state index in [2.05, 4.69) is 20.9 Å². The summed E-state index contributed by atoms with van der Waals surface area (Å²) in [5.74, 6) is 0.308. The molecule has 0 atom stereocenters. The molecule has 0 radical (unpaired) electrons. The molecular weight excluding hydrogens is 330 g/mol. The van der Waals surface area contributed by atoms with Crippen LogP contribution >= 0.6 is 12.4 Å². The maximum absolute atomic E-state index is 11.8. The van der Waals surface area contributed by atoms with E-state index in [-0.39, 0.29) is 24.3 Å². The highest BCUT2D eigenvalue weighted by Crippen LogP contribution is 2.17. The fourth-order valence-corrected chi connectivity index (χ4v) is 2.64. The first-order valence-electron chi connectivity index (χ1n) is 8.19. The number of nitrogens with one attached hydrogen (secondary N) is 3. The van der Waals surface area contributed by atoms with Gasteiger partial charge in [0.2, 0.25) is 5.91 Å². The van der Waals surface area contributed by atoms with Gasteiger partial charge in [-0.3, -0.25) is 4.79 Å². The van der Waals surface area contributed by atoms with Crippen LogP contribution in [0.4, 0.5) is 16.3 Å². The van der Waals surface area contributed by atoms with Gasteiger partial charge >= 0.3 is 6.03 Å². The molecule has 1 aliphatic carbocycles. The summed E-state index contributed by atoms with van der Waals surface area (Å²) >= 11 is 0. The van der Waals surface area contributed by atoms with Gasteiger partial charge in [-0.05, 0) is 31.4 Å². The van der Waals surface area contributed by atoms with Crippen LogP contribution in [-0.2, 0) is 4.79 Å². The van der Waals surface area contributed by atoms with Gasteiger partial charge in [-0.1, -0.05) is 19.3 Å². The van der Waals surface area contributed by atoms with Crippen LogP contribution in [0.3, 0.4) is 0 Å². The smallest absolute Gasteiger partial charge is 0.315 e. The lowest BCUT2D eigenvalue weighted by Crippen LogP contribution is -2.43. The molecule has 0 saturated heterocycles. The lowest BCUT2D eigenvalue weighted by atomic mass is 9.96. The number of carbonyl (C=O) groups is 2. The van der Waals surface area contributed by atoms with E-state index in [0.29, 0.717) is 36.9 Å². The zero-order chi connectivity index (χ0) is 16.5. The van der Waals surface area contributed by atoms with Crippen LogP contribution in [0.25, 0.3) is 0 Å². The highest BCUT2D eigenvalue weighted by atomic mass is 35.5. The fourth-order valence-electron chi connectivity index (χ4n) is 2.64. The summed E-state index contributed by atoms with van der Waals surface area (Å²) in [7, 11) is 0. The van der Waals surface area contributed by atoms with Gasteiger partial charge in [0.15, 0.2) is 0 Å². The van der Waals surface area contributed by atoms with Crippen LogP contribution in [0.1, 0.15) is 44.9 Å². The van der Waals surface area contributed by atoms with Crippen molar-refractivity contribution in [2.24, 2.45) is 0 Å². The van der Waals surface area contributed by atoms with Crippen LogP contribution in [0, 0.1) is 0 Å². The fraction of sp³-hybridized carbons (Fsp3) is 0.562. The number of rotatable bonds is 6. The number of urea groups is 1. The molecule has 0 aromatic carbocycles. The zero-order valence-corrected chi connectivity index (χ0v) is 14.5. The molecule has 1 fully saturated rings. The number of amides is 3. The molecule has 1 heterocycles. The Morgan fingerprint density at radius 2 is 1.96 bits per heavy atom. The van der Waals surface area contributed by atoms with E-state index in [1.54, 1.807) is 12.1 Å². The van der Waals surface area contributed by atoms with Crippen LogP contribution in [0.15, 0.2) is 18.3 Å². The first-order valence-corrected chi connectivity index (χ1v) is 8.19. The molecule has 0 bridgehead atoms. The Bertz CT molecular complexity index is 518. The number of carbonyl (C=O) groups excluding carboxylic acids is 2. The van der Waals surface area contributed by atoms with Crippen LogP contribution in [0.5, 0.6) is 0 Å². The summed E-state index contributed by atoms with van der Waals surface area (Å²) in [6, 6.07) is 3.49. The van der Waals surface area contributed by atoms with Crippen molar-refractivity contribution in [2.45, 2.75) is 51.0 Å². The third kappa shape index (κ3) is 7.50. The molecule has 0 spiro atoms. The number of nitrogen functional groups attached to an aromatic ring is 1. The Labute approximate surface area is 148 Å². The van der Waals surface area contributed by atoms with Gasteiger partial charge in [0.1, 0.15) is 5.82 Å². The average molecular weight is 356 g/mol. The Hall–Kier alpha value is -2.02. The van der Waals surface area contributed by atoms with Gasteiger partial charge < -0.3 is 21.7 Å². The Morgan fingerprint density at radius 1 is 1.21 bits per heavy atom. The lowest BCUT2D eigenvalue weighted by Gasteiger charge is -2.22. The molecule has 1 saturated carbocycles. The highest BCUT2D eigenvalue weighted by Gasteiger charge is 2.15. The van der Waals surface area contributed by atoms with Gasteiger partial charge in [0, 0.05) is 19.0 Å². The first kappa shape index (κ1) is 20.0. The minimum atomic E-state index is -0.139. The maximum Gasteiger partial charge on any atom is 0.315 e. The minimum absolute atomic E-state index is 0. The Kier molecular flexibility index (Phi) is 8.93. The Balaban J connectivity index is 0.00000288. The molecule has 1 aliphatic rings. The summed E-state index contributed by atoms with van der Waals surface area (Å²) < 4.78 is 0. The van der Waals surface area contributed by atoms with E-state index < -0.39 is 0 Å². The molecular formula is C16H26ClN5O2. The SMILES string of the molecule is Cl.Nc1ccc(NC(=O)CCCNC(=O)NC2CCCCC2)cn1. The molecule has 8 heteroatoms. The van der Waals surface area contributed by atoms with Gasteiger partial charge in [-0.2, -0.15) is 0 Å². The minimum Gasteiger partial charge on any atom is -0.384 e. The van der Waals surface area contributed by atoms with Gasteiger partial charge in [-0.25, -0.2) is 9.78 Å². The molecule has 3 amide bonds. The molecule has 1 aromatic heterocycles. The standard InChI is InChI=1S/C16H25N5O2.ClH/c17-14-9-8-13(11-19-14)20-15(22)7-4-10-18-16(23)21-12-5-2-1-3-6-12;/h8-9,11-12H,1-7,10H2,(H2,17,19)(H,20,22)(H2,18,21,23);1H. The highest BCUT2D eigenvalue weighted by molar-refractivity contribution is 5.90. The van der Waals surface area contributed by atoms with E-state index in [4.69, 9.17) is 5.73 Å².